The first-order chi connectivity index (χ1) is 12.2. The summed E-state index contributed by atoms with van der Waals surface area (Å²) >= 11 is 0. The van der Waals surface area contributed by atoms with Crippen molar-refractivity contribution in [2.45, 2.75) is 19.8 Å². The molecule has 1 aromatic carbocycles. The van der Waals surface area contributed by atoms with Crippen LogP contribution in [0.3, 0.4) is 0 Å². The van der Waals surface area contributed by atoms with Gasteiger partial charge in [-0.15, -0.1) is 13.2 Å². The number of halogens is 3. The van der Waals surface area contributed by atoms with Crippen LogP contribution in [0, 0.1) is 0 Å². The van der Waals surface area contributed by atoms with E-state index in [4.69, 9.17) is 9.84 Å². The second-order valence-electron chi connectivity index (χ2n) is 5.64. The SMILES string of the molecule is CCOC(=O)c1ccc(CN2CCN(C(=O)O)CC2)c(OC(F)(F)F)c1. The zero-order valence-corrected chi connectivity index (χ0v) is 14.1. The van der Waals surface area contributed by atoms with Crippen LogP contribution in [0.1, 0.15) is 22.8 Å². The van der Waals surface area contributed by atoms with E-state index in [2.05, 4.69) is 4.74 Å². The van der Waals surface area contributed by atoms with Gasteiger partial charge in [0.1, 0.15) is 5.75 Å². The van der Waals surface area contributed by atoms with Crippen molar-refractivity contribution in [3.8, 4) is 5.75 Å². The summed E-state index contributed by atoms with van der Waals surface area (Å²) in [5.74, 6) is -1.20. The number of hydrogen-bond acceptors (Lipinski definition) is 5. The third-order valence-corrected chi connectivity index (χ3v) is 3.84. The number of carboxylic acid groups (broad SMARTS) is 1. The van der Waals surface area contributed by atoms with Gasteiger partial charge in [-0.3, -0.25) is 4.90 Å². The average molecular weight is 376 g/mol. The van der Waals surface area contributed by atoms with Crippen molar-refractivity contribution in [2.75, 3.05) is 32.8 Å². The highest BCUT2D eigenvalue weighted by atomic mass is 19.4. The van der Waals surface area contributed by atoms with E-state index >= 15 is 0 Å². The largest absolute Gasteiger partial charge is 0.573 e. The number of carbonyl (C=O) groups excluding carboxylic acids is 1. The van der Waals surface area contributed by atoms with Crippen molar-refractivity contribution in [2.24, 2.45) is 0 Å². The van der Waals surface area contributed by atoms with E-state index in [-0.39, 0.29) is 37.4 Å². The van der Waals surface area contributed by atoms with Gasteiger partial charge >= 0.3 is 18.4 Å². The zero-order valence-electron chi connectivity index (χ0n) is 14.1. The summed E-state index contributed by atoms with van der Waals surface area (Å²) in [7, 11) is 0. The molecule has 1 fully saturated rings. The van der Waals surface area contributed by atoms with E-state index < -0.39 is 24.2 Å². The number of piperazine rings is 1. The number of amides is 1. The molecule has 0 spiro atoms. The van der Waals surface area contributed by atoms with Gasteiger partial charge in [-0.2, -0.15) is 0 Å². The fraction of sp³-hybridized carbons (Fsp3) is 0.500. The van der Waals surface area contributed by atoms with E-state index in [1.165, 1.54) is 17.0 Å². The summed E-state index contributed by atoms with van der Waals surface area (Å²) in [6, 6.07) is 3.77. The maximum Gasteiger partial charge on any atom is 0.573 e. The minimum absolute atomic E-state index is 0.0365. The summed E-state index contributed by atoms with van der Waals surface area (Å²) in [6.45, 7) is 3.15. The van der Waals surface area contributed by atoms with Gasteiger partial charge in [0.15, 0.2) is 0 Å². The fourth-order valence-corrected chi connectivity index (χ4v) is 2.58. The van der Waals surface area contributed by atoms with Crippen LogP contribution in [0.15, 0.2) is 18.2 Å². The van der Waals surface area contributed by atoms with E-state index in [9.17, 15) is 22.8 Å². The van der Waals surface area contributed by atoms with Crippen molar-refractivity contribution in [1.29, 1.82) is 0 Å². The minimum Gasteiger partial charge on any atom is -0.465 e. The molecule has 0 aromatic heterocycles. The van der Waals surface area contributed by atoms with Crippen LogP contribution < -0.4 is 4.74 Å². The summed E-state index contributed by atoms with van der Waals surface area (Å²) < 4.78 is 46.9. The first kappa shape index (κ1) is 19.8. The Balaban J connectivity index is 2.16. The maximum absolute atomic E-state index is 12.7. The molecule has 0 saturated carbocycles. The van der Waals surface area contributed by atoms with Crippen LogP contribution in [0.4, 0.5) is 18.0 Å². The van der Waals surface area contributed by atoms with Gasteiger partial charge in [0.2, 0.25) is 0 Å². The van der Waals surface area contributed by atoms with Gasteiger partial charge in [-0.05, 0) is 19.1 Å². The molecule has 1 aliphatic heterocycles. The third kappa shape index (κ3) is 5.51. The van der Waals surface area contributed by atoms with E-state index in [1.807, 2.05) is 4.90 Å². The van der Waals surface area contributed by atoms with Gasteiger partial charge in [-0.1, -0.05) is 6.07 Å². The van der Waals surface area contributed by atoms with Crippen LogP contribution in [0.25, 0.3) is 0 Å². The Labute approximate surface area is 147 Å². The first-order valence-electron chi connectivity index (χ1n) is 7.95. The molecule has 7 nitrogen and oxygen atoms in total. The van der Waals surface area contributed by atoms with Gasteiger partial charge in [0.05, 0.1) is 12.2 Å². The number of rotatable bonds is 5. The molecule has 0 atom stereocenters. The molecule has 2 rings (SSSR count). The summed E-state index contributed by atoms with van der Waals surface area (Å²) in [5, 5.41) is 8.93. The minimum atomic E-state index is -4.90. The van der Waals surface area contributed by atoms with Gasteiger partial charge in [0.25, 0.3) is 0 Å². The molecule has 0 radical (unpaired) electrons. The number of alkyl halides is 3. The smallest absolute Gasteiger partial charge is 0.465 e. The Kier molecular flexibility index (Phi) is 6.30. The molecule has 1 aliphatic rings. The number of nitrogens with zero attached hydrogens (tertiary/aromatic N) is 2. The van der Waals surface area contributed by atoms with E-state index in [0.717, 1.165) is 6.07 Å². The molecular weight excluding hydrogens is 357 g/mol. The fourth-order valence-electron chi connectivity index (χ4n) is 2.58. The topological polar surface area (TPSA) is 79.3 Å². The molecule has 0 unspecified atom stereocenters. The van der Waals surface area contributed by atoms with E-state index in [1.54, 1.807) is 6.92 Å². The lowest BCUT2D eigenvalue weighted by molar-refractivity contribution is -0.275. The van der Waals surface area contributed by atoms with Crippen LogP contribution in [-0.2, 0) is 11.3 Å². The van der Waals surface area contributed by atoms with Crippen LogP contribution >= 0.6 is 0 Å². The molecule has 1 saturated heterocycles. The Bertz CT molecular complexity index is 658. The van der Waals surface area contributed by atoms with Crippen LogP contribution in [-0.4, -0.2) is 66.1 Å². The van der Waals surface area contributed by atoms with Crippen LogP contribution in [0.5, 0.6) is 5.75 Å². The highest BCUT2D eigenvalue weighted by Crippen LogP contribution is 2.29. The third-order valence-electron chi connectivity index (χ3n) is 3.84. The molecule has 26 heavy (non-hydrogen) atoms. The number of esters is 1. The normalized spacial score (nSPS) is 15.6. The number of benzene rings is 1. The molecule has 0 bridgehead atoms. The standard InChI is InChI=1S/C16H19F3N2O5/c1-2-25-14(22)11-3-4-12(13(9-11)26-16(17,18)19)10-20-5-7-21(8-6-20)15(23)24/h3-4,9H,2,5-8,10H2,1H3,(H,23,24). The average Bonchev–Trinajstić information content (AvgIpc) is 2.55. The molecule has 1 heterocycles. The van der Waals surface area contributed by atoms with E-state index in [0.29, 0.717) is 13.1 Å². The Morgan fingerprint density at radius 3 is 2.38 bits per heavy atom. The zero-order chi connectivity index (χ0) is 19.3. The van der Waals surface area contributed by atoms with Gasteiger partial charge in [0, 0.05) is 38.3 Å². The lowest BCUT2D eigenvalue weighted by atomic mass is 10.1. The predicted octanol–water partition coefficient (Wildman–Crippen LogP) is 2.56. The van der Waals surface area contributed by atoms with Crippen LogP contribution in [0.2, 0.25) is 0 Å². The van der Waals surface area contributed by atoms with Crippen molar-refractivity contribution < 1.29 is 37.3 Å². The van der Waals surface area contributed by atoms with Crippen molar-refractivity contribution in [1.82, 2.24) is 9.80 Å². The molecule has 0 aliphatic carbocycles. The second-order valence-corrected chi connectivity index (χ2v) is 5.64. The first-order valence-corrected chi connectivity index (χ1v) is 7.95. The Hall–Kier alpha value is -2.49. The van der Waals surface area contributed by atoms with Gasteiger partial charge in [-0.25, -0.2) is 9.59 Å². The maximum atomic E-state index is 12.7. The number of ether oxygens (including phenoxy) is 2. The molecule has 1 aromatic rings. The van der Waals surface area contributed by atoms with Crippen molar-refractivity contribution in [3.63, 3.8) is 0 Å². The van der Waals surface area contributed by atoms with Crippen molar-refractivity contribution >= 4 is 12.1 Å². The second kappa shape index (κ2) is 8.26. The summed E-state index contributed by atoms with van der Waals surface area (Å²) in [6.07, 6.45) is -5.92. The molecular formula is C16H19F3N2O5. The lowest BCUT2D eigenvalue weighted by Crippen LogP contribution is -2.47. The quantitative estimate of drug-likeness (QED) is 0.796. The number of carbonyl (C=O) groups is 2. The highest BCUT2D eigenvalue weighted by molar-refractivity contribution is 5.90. The molecule has 144 valence electrons. The highest BCUT2D eigenvalue weighted by Gasteiger charge is 2.33. The van der Waals surface area contributed by atoms with Gasteiger partial charge < -0.3 is 19.5 Å². The summed E-state index contributed by atoms with van der Waals surface area (Å²) in [5.41, 5.74) is 0.213. The monoisotopic (exact) mass is 376 g/mol. The number of hydrogen-bond donors (Lipinski definition) is 1. The summed E-state index contributed by atoms with van der Waals surface area (Å²) in [4.78, 5) is 25.7. The van der Waals surface area contributed by atoms with Crippen molar-refractivity contribution in [3.05, 3.63) is 29.3 Å². The molecule has 10 heteroatoms. The lowest BCUT2D eigenvalue weighted by Gasteiger charge is -2.33. The molecule has 1 N–H and O–H groups in total. The Morgan fingerprint density at radius 1 is 1.19 bits per heavy atom. The predicted molar refractivity (Wildman–Crippen MR) is 84.0 cm³/mol. The molecule has 1 amide bonds. The Morgan fingerprint density at radius 2 is 1.85 bits per heavy atom.